The Morgan fingerprint density at radius 3 is 2.75 bits per heavy atom. The minimum Gasteiger partial charge on any atom is -0.493 e. The van der Waals surface area contributed by atoms with Gasteiger partial charge in [-0.05, 0) is 24.6 Å². The van der Waals surface area contributed by atoms with E-state index in [9.17, 15) is 4.79 Å². The van der Waals surface area contributed by atoms with Gasteiger partial charge in [-0.15, -0.1) is 0 Å². The summed E-state index contributed by atoms with van der Waals surface area (Å²) in [5.74, 6) is 1.76. The summed E-state index contributed by atoms with van der Waals surface area (Å²) in [5.41, 5.74) is 1.07. The van der Waals surface area contributed by atoms with Gasteiger partial charge in [0.15, 0.2) is 11.5 Å². The highest BCUT2D eigenvalue weighted by atomic mass is 35.5. The van der Waals surface area contributed by atoms with E-state index in [1.807, 2.05) is 6.92 Å². The number of hydrogen-bond donors (Lipinski definition) is 3. The molecule has 0 saturated carbocycles. The first-order chi connectivity index (χ1) is 15.5. The molecule has 3 aromatic rings. The molecule has 0 fully saturated rings. The molecule has 3 N–H and O–H groups in total. The molecular weight excluding hydrogens is 436 g/mol. The van der Waals surface area contributed by atoms with Crippen LogP contribution in [0.3, 0.4) is 0 Å². The van der Waals surface area contributed by atoms with E-state index in [1.54, 1.807) is 30.3 Å². The average molecular weight is 461 g/mol. The second-order valence-electron chi connectivity index (χ2n) is 6.75. The molecule has 0 spiro atoms. The van der Waals surface area contributed by atoms with Crippen LogP contribution in [0.2, 0.25) is 5.02 Å². The minimum atomic E-state index is -0.326. The summed E-state index contributed by atoms with van der Waals surface area (Å²) in [7, 11) is 1.53. The molecule has 32 heavy (non-hydrogen) atoms. The van der Waals surface area contributed by atoms with Crippen LogP contribution in [-0.2, 0) is 0 Å². The number of amides is 2. The van der Waals surface area contributed by atoms with Gasteiger partial charge < -0.3 is 30.0 Å². The Morgan fingerprint density at radius 1 is 1.19 bits per heavy atom. The molecule has 0 bridgehead atoms. The second-order valence-corrected chi connectivity index (χ2v) is 7.16. The molecule has 9 nitrogen and oxygen atoms in total. The number of aromatic nitrogens is 2. The highest BCUT2D eigenvalue weighted by Crippen LogP contribution is 2.37. The Labute approximate surface area is 190 Å². The number of urea groups is 1. The quantitative estimate of drug-likeness (QED) is 0.384. The molecule has 1 aromatic heterocycles. The zero-order valence-corrected chi connectivity index (χ0v) is 18.6. The second kappa shape index (κ2) is 11.4. The van der Waals surface area contributed by atoms with Gasteiger partial charge >= 0.3 is 6.03 Å². The van der Waals surface area contributed by atoms with Crippen LogP contribution in [0.4, 0.5) is 10.5 Å². The van der Waals surface area contributed by atoms with Crippen molar-refractivity contribution in [2.24, 2.45) is 0 Å². The van der Waals surface area contributed by atoms with Crippen molar-refractivity contribution in [3.63, 3.8) is 0 Å². The van der Waals surface area contributed by atoms with E-state index < -0.39 is 0 Å². The van der Waals surface area contributed by atoms with E-state index in [2.05, 4.69) is 20.6 Å². The number of rotatable bonds is 10. The van der Waals surface area contributed by atoms with Gasteiger partial charge in [0.25, 0.3) is 0 Å². The molecule has 0 radical (unpaired) electrons. The molecule has 1 heterocycles. The highest BCUT2D eigenvalue weighted by Gasteiger charge is 2.14. The zero-order chi connectivity index (χ0) is 22.9. The first-order valence-corrected chi connectivity index (χ1v) is 10.5. The van der Waals surface area contributed by atoms with Crippen molar-refractivity contribution in [1.29, 1.82) is 0 Å². The van der Waals surface area contributed by atoms with Gasteiger partial charge in [-0.2, -0.15) is 0 Å². The smallest absolute Gasteiger partial charge is 0.319 e. The normalized spacial score (nSPS) is 10.6. The molecule has 3 rings (SSSR count). The van der Waals surface area contributed by atoms with Crippen molar-refractivity contribution in [2.45, 2.75) is 19.8 Å². The number of nitrogens with zero attached hydrogens (tertiary/aromatic N) is 2. The number of carbonyl (C=O) groups excluding carboxylic acids is 1. The van der Waals surface area contributed by atoms with Crippen molar-refractivity contribution in [1.82, 2.24) is 15.3 Å². The fourth-order valence-electron chi connectivity index (χ4n) is 2.82. The predicted molar refractivity (Wildman–Crippen MR) is 122 cm³/mol. The molecule has 0 aliphatic heterocycles. The van der Waals surface area contributed by atoms with Crippen molar-refractivity contribution in [3.8, 4) is 23.1 Å². The third kappa shape index (κ3) is 5.89. The number of halogens is 1. The molecule has 10 heteroatoms. The molecule has 0 atom stereocenters. The van der Waals surface area contributed by atoms with Gasteiger partial charge in [0.1, 0.15) is 12.1 Å². The van der Waals surface area contributed by atoms with Crippen molar-refractivity contribution in [2.75, 3.05) is 32.2 Å². The predicted octanol–water partition coefficient (Wildman–Crippen LogP) is 4.38. The maximum absolute atomic E-state index is 11.9. The lowest BCUT2D eigenvalue weighted by molar-refractivity contribution is 0.228. The molecule has 0 aliphatic carbocycles. The molecular formula is C22H25ClN4O5. The lowest BCUT2D eigenvalue weighted by atomic mass is 10.2. The number of benzene rings is 2. The van der Waals surface area contributed by atoms with E-state index in [1.165, 1.54) is 13.4 Å². The number of fused-ring (bicyclic) bond motifs is 1. The van der Waals surface area contributed by atoms with E-state index in [0.29, 0.717) is 64.3 Å². The molecule has 2 amide bonds. The van der Waals surface area contributed by atoms with Crippen LogP contribution in [-0.4, -0.2) is 48.0 Å². The Kier molecular flexibility index (Phi) is 8.29. The summed E-state index contributed by atoms with van der Waals surface area (Å²) in [5, 5.41) is 15.3. The Balaban J connectivity index is 1.82. The third-order valence-corrected chi connectivity index (χ3v) is 4.70. The van der Waals surface area contributed by atoms with E-state index in [-0.39, 0.29) is 12.6 Å². The van der Waals surface area contributed by atoms with Gasteiger partial charge in [0.2, 0.25) is 5.88 Å². The number of aliphatic hydroxyl groups is 1. The molecule has 0 aliphatic rings. The number of hydrogen-bond acceptors (Lipinski definition) is 7. The number of ether oxygens (including phenoxy) is 3. The summed E-state index contributed by atoms with van der Waals surface area (Å²) in [6.07, 6.45) is 2.73. The SMILES string of the molecule is CCCNC(=O)Nc1ccc(Oc2ncnc3cc(OCCCO)c(OC)cc23)cc1Cl. The summed E-state index contributed by atoms with van der Waals surface area (Å²) < 4.78 is 17.0. The fourth-order valence-corrected chi connectivity index (χ4v) is 3.04. The van der Waals surface area contributed by atoms with Crippen LogP contribution < -0.4 is 24.8 Å². The van der Waals surface area contributed by atoms with Crippen molar-refractivity contribution in [3.05, 3.63) is 41.7 Å². The summed E-state index contributed by atoms with van der Waals surface area (Å²) in [4.78, 5) is 20.4. The highest BCUT2D eigenvalue weighted by molar-refractivity contribution is 6.33. The lowest BCUT2D eigenvalue weighted by Gasteiger charge is -2.14. The van der Waals surface area contributed by atoms with Gasteiger partial charge in [-0.1, -0.05) is 18.5 Å². The van der Waals surface area contributed by atoms with E-state index >= 15 is 0 Å². The van der Waals surface area contributed by atoms with Crippen molar-refractivity contribution < 1.29 is 24.1 Å². The van der Waals surface area contributed by atoms with Gasteiger partial charge in [0.05, 0.1) is 35.3 Å². The average Bonchev–Trinajstić information content (AvgIpc) is 2.79. The van der Waals surface area contributed by atoms with Crippen LogP contribution in [0.1, 0.15) is 19.8 Å². The Bertz CT molecular complexity index is 1080. The van der Waals surface area contributed by atoms with E-state index in [4.69, 9.17) is 30.9 Å². The topological polar surface area (TPSA) is 115 Å². The number of aliphatic hydroxyl groups excluding tert-OH is 1. The minimum absolute atomic E-state index is 0.0380. The van der Waals surface area contributed by atoms with Crippen LogP contribution >= 0.6 is 11.6 Å². The maximum Gasteiger partial charge on any atom is 0.319 e. The number of carbonyl (C=O) groups is 1. The summed E-state index contributed by atoms with van der Waals surface area (Å²) >= 11 is 6.31. The summed E-state index contributed by atoms with van der Waals surface area (Å²) in [6.45, 7) is 2.93. The molecule has 2 aromatic carbocycles. The fraction of sp³-hybridized carbons (Fsp3) is 0.318. The summed E-state index contributed by atoms with van der Waals surface area (Å²) in [6, 6.07) is 8.06. The maximum atomic E-state index is 11.9. The van der Waals surface area contributed by atoms with Crippen LogP contribution in [0, 0.1) is 0 Å². The Morgan fingerprint density at radius 2 is 2.03 bits per heavy atom. The van der Waals surface area contributed by atoms with Crippen molar-refractivity contribution >= 4 is 34.2 Å². The largest absolute Gasteiger partial charge is 0.493 e. The zero-order valence-electron chi connectivity index (χ0n) is 17.9. The number of nitrogens with one attached hydrogen (secondary N) is 2. The van der Waals surface area contributed by atoms with E-state index in [0.717, 1.165) is 6.42 Å². The van der Waals surface area contributed by atoms with Crippen LogP contribution in [0.25, 0.3) is 10.9 Å². The molecule has 0 saturated heterocycles. The molecule has 0 unspecified atom stereocenters. The lowest BCUT2D eigenvalue weighted by Crippen LogP contribution is -2.29. The Hall–Kier alpha value is -3.30. The monoisotopic (exact) mass is 460 g/mol. The van der Waals surface area contributed by atoms with Gasteiger partial charge in [0, 0.05) is 31.7 Å². The van der Waals surface area contributed by atoms with Gasteiger partial charge in [-0.3, -0.25) is 0 Å². The number of methoxy groups -OCH3 is 1. The standard InChI is InChI=1S/C22H25ClN4O5/c1-3-7-24-22(29)27-17-6-5-14(10-16(17)23)32-21-15-11-19(30-2)20(31-9-4-8-28)12-18(15)25-13-26-21/h5-6,10-13,28H,3-4,7-9H2,1-2H3,(H2,24,27,29). The van der Waals surface area contributed by atoms with Crippen LogP contribution in [0.5, 0.6) is 23.1 Å². The molecule has 170 valence electrons. The third-order valence-electron chi connectivity index (χ3n) is 4.38. The van der Waals surface area contributed by atoms with Crippen LogP contribution in [0.15, 0.2) is 36.7 Å². The number of anilines is 1. The first kappa shape index (κ1) is 23.4. The van der Waals surface area contributed by atoms with Gasteiger partial charge in [-0.25, -0.2) is 14.8 Å². The first-order valence-electron chi connectivity index (χ1n) is 10.1.